The normalized spacial score (nSPS) is 52.3. The fourth-order valence-electron chi connectivity index (χ4n) is 4.80. The zero-order chi connectivity index (χ0) is 9.71. The molecule has 1 N–H and O–H groups in total. The Morgan fingerprint density at radius 2 is 1.71 bits per heavy atom. The molecule has 0 amide bonds. The van der Waals surface area contributed by atoms with Crippen LogP contribution in [0.2, 0.25) is 0 Å². The number of hydrogen-bond donors (Lipinski definition) is 1. The fraction of sp³-hybridized carbons (Fsp3) is 1.00. The Balaban J connectivity index is 1.82. The van der Waals surface area contributed by atoms with Gasteiger partial charge in [-0.1, -0.05) is 0 Å². The Hall–Kier alpha value is -0.0400. The molecule has 3 rings (SSSR count). The first-order valence-electron chi connectivity index (χ1n) is 6.45. The molecule has 0 saturated heterocycles. The summed E-state index contributed by atoms with van der Waals surface area (Å²) in [6.07, 6.45) is 7.82. The van der Waals surface area contributed by atoms with E-state index in [0.717, 1.165) is 35.6 Å². The third kappa shape index (κ3) is 1.25. The van der Waals surface area contributed by atoms with Gasteiger partial charge in [0.1, 0.15) is 0 Å². The van der Waals surface area contributed by atoms with E-state index < -0.39 is 0 Å². The van der Waals surface area contributed by atoms with Crippen molar-refractivity contribution in [3.05, 3.63) is 0 Å². The third-order valence-corrected chi connectivity index (χ3v) is 5.40. The second-order valence-corrected chi connectivity index (χ2v) is 6.08. The lowest BCUT2D eigenvalue weighted by molar-refractivity contribution is 0.0962. The summed E-state index contributed by atoms with van der Waals surface area (Å²) >= 11 is 0. The second-order valence-electron chi connectivity index (χ2n) is 6.08. The van der Waals surface area contributed by atoms with Crippen LogP contribution < -0.4 is 5.32 Å². The SMILES string of the molecule is CNC(C)C1CC2CC3CC(C2)C1C3. The van der Waals surface area contributed by atoms with E-state index in [9.17, 15) is 0 Å². The molecular formula is C13H23N. The molecule has 0 aromatic carbocycles. The lowest BCUT2D eigenvalue weighted by atomic mass is 9.65. The summed E-state index contributed by atoms with van der Waals surface area (Å²) in [5, 5.41) is 3.49. The molecule has 3 bridgehead atoms. The lowest BCUT2D eigenvalue weighted by Gasteiger charge is -2.42. The van der Waals surface area contributed by atoms with E-state index in [2.05, 4.69) is 19.3 Å². The molecule has 0 aromatic rings. The molecule has 6 atom stereocenters. The van der Waals surface area contributed by atoms with E-state index in [1.54, 1.807) is 25.7 Å². The van der Waals surface area contributed by atoms with Crippen molar-refractivity contribution in [2.45, 2.75) is 45.1 Å². The standard InChI is InChI=1S/C13H23N/c1-8(14-2)12-6-9-3-10-5-11(4-9)13(12)7-10/h8-14H,3-7H2,1-2H3. The average Bonchev–Trinajstić information content (AvgIpc) is 2.40. The Labute approximate surface area is 87.7 Å². The van der Waals surface area contributed by atoms with Gasteiger partial charge >= 0.3 is 0 Å². The van der Waals surface area contributed by atoms with Crippen molar-refractivity contribution >= 4 is 0 Å². The topological polar surface area (TPSA) is 12.0 Å². The second kappa shape index (κ2) is 3.23. The minimum atomic E-state index is 0.752. The molecule has 0 heterocycles. The van der Waals surface area contributed by atoms with Gasteiger partial charge in [0.2, 0.25) is 0 Å². The van der Waals surface area contributed by atoms with Crippen molar-refractivity contribution in [2.24, 2.45) is 29.6 Å². The molecule has 1 heteroatoms. The minimum Gasteiger partial charge on any atom is -0.317 e. The Morgan fingerprint density at radius 1 is 1.00 bits per heavy atom. The van der Waals surface area contributed by atoms with E-state index in [4.69, 9.17) is 0 Å². The van der Waals surface area contributed by atoms with Gasteiger partial charge in [0, 0.05) is 6.04 Å². The molecule has 6 unspecified atom stereocenters. The molecule has 1 nitrogen and oxygen atoms in total. The predicted octanol–water partition coefficient (Wildman–Crippen LogP) is 2.67. The van der Waals surface area contributed by atoms with Crippen LogP contribution in [0.4, 0.5) is 0 Å². The number of nitrogens with one attached hydrogen (secondary N) is 1. The Morgan fingerprint density at radius 3 is 2.43 bits per heavy atom. The molecule has 3 fully saturated rings. The van der Waals surface area contributed by atoms with Crippen LogP contribution in [0.25, 0.3) is 0 Å². The highest BCUT2D eigenvalue weighted by molar-refractivity contribution is 5.00. The van der Waals surface area contributed by atoms with Crippen LogP contribution in [0.3, 0.4) is 0 Å². The largest absolute Gasteiger partial charge is 0.317 e. The zero-order valence-corrected chi connectivity index (χ0v) is 9.50. The van der Waals surface area contributed by atoms with E-state index in [1.165, 1.54) is 6.42 Å². The molecule has 0 aromatic heterocycles. The van der Waals surface area contributed by atoms with E-state index in [0.29, 0.717) is 0 Å². The van der Waals surface area contributed by atoms with E-state index >= 15 is 0 Å². The summed E-state index contributed by atoms with van der Waals surface area (Å²) in [7, 11) is 2.13. The maximum absolute atomic E-state index is 3.49. The van der Waals surface area contributed by atoms with Crippen LogP contribution in [0.5, 0.6) is 0 Å². The fourth-order valence-corrected chi connectivity index (χ4v) is 4.80. The van der Waals surface area contributed by atoms with Crippen LogP contribution in [0, 0.1) is 29.6 Å². The molecule has 0 radical (unpaired) electrons. The minimum absolute atomic E-state index is 0.752. The molecule has 80 valence electrons. The van der Waals surface area contributed by atoms with Crippen LogP contribution in [-0.2, 0) is 0 Å². The van der Waals surface area contributed by atoms with Crippen LogP contribution in [0.15, 0.2) is 0 Å². The molecule has 0 spiro atoms. The summed E-state index contributed by atoms with van der Waals surface area (Å²) in [5.74, 6) is 5.42. The van der Waals surface area contributed by atoms with Gasteiger partial charge in [0.15, 0.2) is 0 Å². The molecular weight excluding hydrogens is 170 g/mol. The molecule has 3 saturated carbocycles. The quantitative estimate of drug-likeness (QED) is 0.711. The van der Waals surface area contributed by atoms with Gasteiger partial charge in [-0.25, -0.2) is 0 Å². The van der Waals surface area contributed by atoms with Crippen LogP contribution in [-0.4, -0.2) is 13.1 Å². The van der Waals surface area contributed by atoms with Gasteiger partial charge in [0.25, 0.3) is 0 Å². The van der Waals surface area contributed by atoms with Crippen molar-refractivity contribution in [2.75, 3.05) is 7.05 Å². The monoisotopic (exact) mass is 193 g/mol. The maximum atomic E-state index is 3.49. The van der Waals surface area contributed by atoms with Crippen molar-refractivity contribution in [3.8, 4) is 0 Å². The summed E-state index contributed by atoms with van der Waals surface area (Å²) in [6, 6.07) is 0.752. The van der Waals surface area contributed by atoms with Gasteiger partial charge in [-0.05, 0) is 75.7 Å². The molecule has 14 heavy (non-hydrogen) atoms. The van der Waals surface area contributed by atoms with Crippen LogP contribution in [0.1, 0.15) is 39.0 Å². The average molecular weight is 193 g/mol. The number of hydrogen-bond acceptors (Lipinski definition) is 1. The van der Waals surface area contributed by atoms with Crippen molar-refractivity contribution in [1.82, 2.24) is 5.32 Å². The zero-order valence-electron chi connectivity index (χ0n) is 9.50. The summed E-state index contributed by atoms with van der Waals surface area (Å²) in [4.78, 5) is 0. The molecule has 0 aliphatic heterocycles. The molecule has 3 aliphatic carbocycles. The third-order valence-electron chi connectivity index (χ3n) is 5.40. The number of rotatable bonds is 2. The van der Waals surface area contributed by atoms with E-state index in [1.807, 2.05) is 0 Å². The van der Waals surface area contributed by atoms with Crippen LogP contribution >= 0.6 is 0 Å². The summed E-state index contributed by atoms with van der Waals surface area (Å²) < 4.78 is 0. The first kappa shape index (κ1) is 9.21. The first-order chi connectivity index (χ1) is 6.78. The summed E-state index contributed by atoms with van der Waals surface area (Å²) in [5.41, 5.74) is 0. The van der Waals surface area contributed by atoms with E-state index in [-0.39, 0.29) is 0 Å². The first-order valence-corrected chi connectivity index (χ1v) is 6.45. The van der Waals surface area contributed by atoms with Crippen molar-refractivity contribution in [1.29, 1.82) is 0 Å². The lowest BCUT2D eigenvalue weighted by Crippen LogP contribution is -2.41. The van der Waals surface area contributed by atoms with Crippen molar-refractivity contribution < 1.29 is 0 Å². The van der Waals surface area contributed by atoms with Gasteiger partial charge in [-0.15, -0.1) is 0 Å². The summed E-state index contributed by atoms with van der Waals surface area (Å²) in [6.45, 7) is 2.39. The predicted molar refractivity (Wildman–Crippen MR) is 59.1 cm³/mol. The smallest absolute Gasteiger partial charge is 0.00668 e. The van der Waals surface area contributed by atoms with Gasteiger partial charge in [-0.2, -0.15) is 0 Å². The highest BCUT2D eigenvalue weighted by Crippen LogP contribution is 2.57. The number of fused-ring (bicyclic) bond motifs is 2. The maximum Gasteiger partial charge on any atom is 0.00668 e. The van der Waals surface area contributed by atoms with Gasteiger partial charge < -0.3 is 5.32 Å². The molecule has 3 aliphatic rings. The highest BCUT2D eigenvalue weighted by atomic mass is 14.9. The Kier molecular flexibility index (Phi) is 2.12. The van der Waals surface area contributed by atoms with Gasteiger partial charge in [0.05, 0.1) is 0 Å². The Bertz CT molecular complexity index is 223. The van der Waals surface area contributed by atoms with Crippen molar-refractivity contribution in [3.63, 3.8) is 0 Å². The highest BCUT2D eigenvalue weighted by Gasteiger charge is 2.49. The van der Waals surface area contributed by atoms with Gasteiger partial charge in [-0.3, -0.25) is 0 Å².